The largest absolute Gasteiger partial charge is 0.437 e. The minimum absolute atomic E-state index is 0.367. The standard InChI is InChI=1S/C17H24N6O/c1-12-8-13(2)10-14(9-12)24-17-15(18)16(19-11-20-17)21-23-6-4-22(3)5-7-23/h8-11H,4-7,18H2,1-3H3,(H,19,20,21). The average Bonchev–Trinajstić information content (AvgIpc) is 2.52. The maximum Gasteiger partial charge on any atom is 0.248 e. The summed E-state index contributed by atoms with van der Waals surface area (Å²) >= 11 is 0. The number of aromatic nitrogens is 2. The van der Waals surface area contributed by atoms with Gasteiger partial charge in [0.1, 0.15) is 17.8 Å². The monoisotopic (exact) mass is 328 g/mol. The molecule has 3 rings (SSSR count). The Morgan fingerprint density at radius 2 is 1.71 bits per heavy atom. The number of hydrazine groups is 1. The number of nitrogen functional groups attached to an aromatic ring is 1. The van der Waals surface area contributed by atoms with Crippen molar-refractivity contribution in [2.24, 2.45) is 0 Å². The number of hydrogen-bond acceptors (Lipinski definition) is 7. The number of anilines is 2. The molecule has 1 aliphatic rings. The molecule has 1 fully saturated rings. The number of likely N-dealkylation sites (N-methyl/N-ethyl adjacent to an activating group) is 1. The minimum Gasteiger partial charge on any atom is -0.437 e. The van der Waals surface area contributed by atoms with Gasteiger partial charge in [0.05, 0.1) is 0 Å². The smallest absolute Gasteiger partial charge is 0.248 e. The van der Waals surface area contributed by atoms with Crippen molar-refractivity contribution in [2.45, 2.75) is 13.8 Å². The second kappa shape index (κ2) is 7.02. The van der Waals surface area contributed by atoms with E-state index in [9.17, 15) is 0 Å². The van der Waals surface area contributed by atoms with Crippen molar-refractivity contribution >= 4 is 11.5 Å². The summed E-state index contributed by atoms with van der Waals surface area (Å²) in [5.74, 6) is 1.67. The van der Waals surface area contributed by atoms with Crippen LogP contribution in [-0.2, 0) is 0 Å². The van der Waals surface area contributed by atoms with Crippen molar-refractivity contribution in [1.29, 1.82) is 0 Å². The van der Waals surface area contributed by atoms with E-state index < -0.39 is 0 Å². The van der Waals surface area contributed by atoms with Gasteiger partial charge in [-0.3, -0.25) is 0 Å². The third-order valence-electron chi connectivity index (χ3n) is 4.02. The van der Waals surface area contributed by atoms with Gasteiger partial charge in [0, 0.05) is 26.2 Å². The number of nitrogens with zero attached hydrogens (tertiary/aromatic N) is 4. The molecule has 0 radical (unpaired) electrons. The van der Waals surface area contributed by atoms with Crippen molar-refractivity contribution in [3.8, 4) is 11.6 Å². The van der Waals surface area contributed by atoms with Gasteiger partial charge in [-0.1, -0.05) is 6.07 Å². The van der Waals surface area contributed by atoms with Gasteiger partial charge in [-0.15, -0.1) is 0 Å². The zero-order valence-corrected chi connectivity index (χ0v) is 14.4. The number of nitrogens with one attached hydrogen (secondary N) is 1. The van der Waals surface area contributed by atoms with E-state index in [1.165, 1.54) is 6.33 Å². The van der Waals surface area contributed by atoms with Gasteiger partial charge < -0.3 is 20.8 Å². The number of benzene rings is 1. The van der Waals surface area contributed by atoms with E-state index in [0.29, 0.717) is 17.4 Å². The average molecular weight is 328 g/mol. The Morgan fingerprint density at radius 3 is 2.38 bits per heavy atom. The van der Waals surface area contributed by atoms with Crippen LogP contribution in [-0.4, -0.2) is 53.1 Å². The summed E-state index contributed by atoms with van der Waals surface area (Å²) in [6.07, 6.45) is 1.47. The molecule has 1 saturated heterocycles. The molecule has 0 unspecified atom stereocenters. The van der Waals surface area contributed by atoms with Gasteiger partial charge in [0.15, 0.2) is 5.82 Å². The Balaban J connectivity index is 1.75. The van der Waals surface area contributed by atoms with E-state index in [1.54, 1.807) is 0 Å². The van der Waals surface area contributed by atoms with Gasteiger partial charge in [0.25, 0.3) is 0 Å². The predicted octanol–water partition coefficient (Wildman–Crippen LogP) is 2.04. The first-order chi connectivity index (χ1) is 11.5. The zero-order chi connectivity index (χ0) is 17.1. The number of hydrogen-bond donors (Lipinski definition) is 2. The third kappa shape index (κ3) is 3.93. The maximum absolute atomic E-state index is 6.20. The van der Waals surface area contributed by atoms with Crippen LogP contribution in [0.4, 0.5) is 11.5 Å². The normalized spacial score (nSPS) is 16.1. The molecule has 0 amide bonds. The molecule has 1 aliphatic heterocycles. The maximum atomic E-state index is 6.20. The Bertz CT molecular complexity index is 692. The number of nitrogens with two attached hydrogens (primary N) is 1. The molecule has 0 bridgehead atoms. The molecule has 7 heteroatoms. The number of aryl methyl sites for hydroxylation is 2. The topological polar surface area (TPSA) is 79.5 Å². The highest BCUT2D eigenvalue weighted by Gasteiger charge is 2.17. The Kier molecular flexibility index (Phi) is 4.82. The van der Waals surface area contributed by atoms with Crippen molar-refractivity contribution < 1.29 is 4.74 Å². The molecule has 128 valence electrons. The van der Waals surface area contributed by atoms with Crippen LogP contribution in [0.2, 0.25) is 0 Å². The lowest BCUT2D eigenvalue weighted by atomic mass is 10.1. The van der Waals surface area contributed by atoms with E-state index >= 15 is 0 Å². The van der Waals surface area contributed by atoms with Crippen molar-refractivity contribution in [2.75, 3.05) is 44.4 Å². The van der Waals surface area contributed by atoms with Gasteiger partial charge in [-0.25, -0.2) is 9.99 Å². The predicted molar refractivity (Wildman–Crippen MR) is 95.1 cm³/mol. The van der Waals surface area contributed by atoms with Crippen molar-refractivity contribution in [1.82, 2.24) is 19.9 Å². The number of piperazine rings is 1. The molecule has 0 saturated carbocycles. The molecule has 7 nitrogen and oxygen atoms in total. The molecule has 1 aromatic carbocycles. The highest BCUT2D eigenvalue weighted by molar-refractivity contribution is 5.66. The van der Waals surface area contributed by atoms with Crippen LogP contribution < -0.4 is 15.9 Å². The quantitative estimate of drug-likeness (QED) is 0.889. The molecule has 24 heavy (non-hydrogen) atoms. The van der Waals surface area contributed by atoms with Crippen LogP contribution >= 0.6 is 0 Å². The minimum atomic E-state index is 0.367. The molecule has 2 aromatic rings. The summed E-state index contributed by atoms with van der Waals surface area (Å²) in [5, 5.41) is 2.11. The highest BCUT2D eigenvalue weighted by atomic mass is 16.5. The fourth-order valence-corrected chi connectivity index (χ4v) is 2.72. The summed E-state index contributed by atoms with van der Waals surface area (Å²) in [7, 11) is 2.12. The summed E-state index contributed by atoms with van der Waals surface area (Å²) in [6, 6.07) is 6.01. The first-order valence-corrected chi connectivity index (χ1v) is 8.08. The van der Waals surface area contributed by atoms with Crippen LogP contribution in [0.25, 0.3) is 0 Å². The first-order valence-electron chi connectivity index (χ1n) is 8.08. The summed E-state index contributed by atoms with van der Waals surface area (Å²) in [5.41, 5.74) is 12.1. The van der Waals surface area contributed by atoms with Crippen LogP contribution in [0.3, 0.4) is 0 Å². The fourth-order valence-electron chi connectivity index (χ4n) is 2.72. The van der Waals surface area contributed by atoms with Crippen LogP contribution in [0.1, 0.15) is 11.1 Å². The number of rotatable bonds is 4. The van der Waals surface area contributed by atoms with Crippen molar-refractivity contribution in [3.63, 3.8) is 0 Å². The van der Waals surface area contributed by atoms with Crippen molar-refractivity contribution in [3.05, 3.63) is 35.7 Å². The number of ether oxygens (including phenoxy) is 1. The first kappa shape index (κ1) is 16.5. The van der Waals surface area contributed by atoms with Crippen LogP contribution in [0.15, 0.2) is 24.5 Å². The van der Waals surface area contributed by atoms with Crippen LogP contribution in [0, 0.1) is 13.8 Å². The second-order valence-electron chi connectivity index (χ2n) is 6.27. The summed E-state index contributed by atoms with van der Waals surface area (Å²) in [6.45, 7) is 7.89. The Hall–Kier alpha value is -2.38. The molecule has 0 aliphatic carbocycles. The summed E-state index contributed by atoms with van der Waals surface area (Å²) < 4.78 is 5.87. The highest BCUT2D eigenvalue weighted by Crippen LogP contribution is 2.30. The Labute approximate surface area is 142 Å². The SMILES string of the molecule is Cc1cc(C)cc(Oc2ncnc(NN3CCN(C)CC3)c2N)c1. The van der Waals surface area contributed by atoms with Gasteiger partial charge in [0.2, 0.25) is 5.88 Å². The zero-order valence-electron chi connectivity index (χ0n) is 14.4. The van der Waals surface area contributed by atoms with E-state index in [0.717, 1.165) is 43.1 Å². The van der Waals surface area contributed by atoms with E-state index in [4.69, 9.17) is 10.5 Å². The third-order valence-corrected chi connectivity index (χ3v) is 4.02. The lowest BCUT2D eigenvalue weighted by Crippen LogP contribution is -2.47. The Morgan fingerprint density at radius 1 is 1.04 bits per heavy atom. The molecular weight excluding hydrogens is 304 g/mol. The van der Waals surface area contributed by atoms with E-state index in [1.807, 2.05) is 26.0 Å². The van der Waals surface area contributed by atoms with E-state index in [2.05, 4.69) is 38.4 Å². The lowest BCUT2D eigenvalue weighted by Gasteiger charge is -2.32. The molecular formula is C17H24N6O. The summed E-state index contributed by atoms with van der Waals surface area (Å²) in [4.78, 5) is 10.7. The molecule has 2 heterocycles. The molecule has 0 atom stereocenters. The molecule has 3 N–H and O–H groups in total. The van der Waals surface area contributed by atoms with Gasteiger partial charge in [-0.2, -0.15) is 4.98 Å². The molecule has 0 spiro atoms. The lowest BCUT2D eigenvalue weighted by molar-refractivity contribution is 0.178. The fraction of sp³-hybridized carbons (Fsp3) is 0.412. The van der Waals surface area contributed by atoms with E-state index in [-0.39, 0.29) is 0 Å². The van der Waals surface area contributed by atoms with Gasteiger partial charge >= 0.3 is 0 Å². The second-order valence-corrected chi connectivity index (χ2v) is 6.27. The van der Waals surface area contributed by atoms with Gasteiger partial charge in [-0.05, 0) is 44.2 Å². The van der Waals surface area contributed by atoms with Crippen LogP contribution in [0.5, 0.6) is 11.6 Å². The molecule has 1 aromatic heterocycles.